The Morgan fingerprint density at radius 1 is 1.15 bits per heavy atom. The van der Waals surface area contributed by atoms with Crippen molar-refractivity contribution in [3.8, 4) is 5.75 Å². The summed E-state index contributed by atoms with van der Waals surface area (Å²) in [5, 5.41) is 3.30. The molecule has 0 radical (unpaired) electrons. The van der Waals surface area contributed by atoms with E-state index in [1.54, 1.807) is 0 Å². The number of anilines is 1. The van der Waals surface area contributed by atoms with Crippen molar-refractivity contribution in [1.82, 2.24) is 4.90 Å². The molecular formula is C16H26N2O2. The van der Waals surface area contributed by atoms with Gasteiger partial charge in [-0.05, 0) is 51.5 Å². The fourth-order valence-electron chi connectivity index (χ4n) is 2.11. The number of nitrogens with zero attached hydrogens (tertiary/aromatic N) is 1. The SMILES string of the molecule is CCOc1ccc(NC(CC)C(=O)N(CC)CC)cc1. The van der Waals surface area contributed by atoms with Crippen molar-refractivity contribution in [2.45, 2.75) is 40.2 Å². The third-order valence-electron chi connectivity index (χ3n) is 3.29. The van der Waals surface area contributed by atoms with Gasteiger partial charge in [0.1, 0.15) is 11.8 Å². The highest BCUT2D eigenvalue weighted by Crippen LogP contribution is 2.17. The number of carbonyl (C=O) groups excluding carboxylic acids is 1. The number of rotatable bonds is 8. The second kappa shape index (κ2) is 8.46. The van der Waals surface area contributed by atoms with Gasteiger partial charge in [-0.25, -0.2) is 0 Å². The Morgan fingerprint density at radius 3 is 2.20 bits per heavy atom. The number of likely N-dealkylation sites (N-methyl/N-ethyl adjacent to an activating group) is 1. The van der Waals surface area contributed by atoms with Gasteiger partial charge >= 0.3 is 0 Å². The average molecular weight is 278 g/mol. The molecule has 4 heteroatoms. The molecular weight excluding hydrogens is 252 g/mol. The van der Waals surface area contributed by atoms with Gasteiger partial charge in [-0.2, -0.15) is 0 Å². The summed E-state index contributed by atoms with van der Waals surface area (Å²) in [6.45, 7) is 10.1. The van der Waals surface area contributed by atoms with Crippen LogP contribution in [0, 0.1) is 0 Å². The summed E-state index contributed by atoms with van der Waals surface area (Å²) in [6.07, 6.45) is 0.766. The summed E-state index contributed by atoms with van der Waals surface area (Å²) in [4.78, 5) is 14.2. The molecule has 20 heavy (non-hydrogen) atoms. The molecule has 1 aromatic rings. The Bertz CT molecular complexity index is 399. The lowest BCUT2D eigenvalue weighted by molar-refractivity contribution is -0.131. The molecule has 1 N–H and O–H groups in total. The molecule has 0 aliphatic heterocycles. The van der Waals surface area contributed by atoms with Crippen LogP contribution in [0.15, 0.2) is 24.3 Å². The number of benzene rings is 1. The number of ether oxygens (including phenoxy) is 1. The lowest BCUT2D eigenvalue weighted by Crippen LogP contribution is -2.42. The van der Waals surface area contributed by atoms with E-state index in [1.165, 1.54) is 0 Å². The molecule has 0 saturated carbocycles. The molecule has 0 aliphatic carbocycles. The smallest absolute Gasteiger partial charge is 0.245 e. The van der Waals surface area contributed by atoms with Gasteiger partial charge in [0.05, 0.1) is 6.61 Å². The quantitative estimate of drug-likeness (QED) is 0.794. The van der Waals surface area contributed by atoms with Gasteiger partial charge in [-0.1, -0.05) is 6.92 Å². The van der Waals surface area contributed by atoms with E-state index >= 15 is 0 Å². The largest absolute Gasteiger partial charge is 0.494 e. The van der Waals surface area contributed by atoms with Crippen LogP contribution in [0.4, 0.5) is 5.69 Å². The third-order valence-corrected chi connectivity index (χ3v) is 3.29. The van der Waals surface area contributed by atoms with E-state index in [1.807, 2.05) is 56.9 Å². The number of hydrogen-bond donors (Lipinski definition) is 1. The number of nitrogens with one attached hydrogen (secondary N) is 1. The van der Waals surface area contributed by atoms with E-state index in [9.17, 15) is 4.79 Å². The summed E-state index contributed by atoms with van der Waals surface area (Å²) in [5.41, 5.74) is 0.945. The Balaban J connectivity index is 2.70. The normalized spacial score (nSPS) is 11.8. The van der Waals surface area contributed by atoms with Crippen molar-refractivity contribution in [1.29, 1.82) is 0 Å². The van der Waals surface area contributed by atoms with Gasteiger partial charge in [0.15, 0.2) is 0 Å². The van der Waals surface area contributed by atoms with Crippen LogP contribution in [0.2, 0.25) is 0 Å². The number of amides is 1. The van der Waals surface area contributed by atoms with Crippen LogP contribution in [-0.4, -0.2) is 36.5 Å². The fraction of sp³-hybridized carbons (Fsp3) is 0.562. The van der Waals surface area contributed by atoms with Crippen molar-refractivity contribution < 1.29 is 9.53 Å². The molecule has 0 heterocycles. The molecule has 1 unspecified atom stereocenters. The summed E-state index contributed by atoms with van der Waals surface area (Å²) in [6, 6.07) is 7.56. The third kappa shape index (κ3) is 4.44. The summed E-state index contributed by atoms with van der Waals surface area (Å²) < 4.78 is 5.41. The van der Waals surface area contributed by atoms with Crippen LogP contribution >= 0.6 is 0 Å². The van der Waals surface area contributed by atoms with Gasteiger partial charge in [0.25, 0.3) is 0 Å². The van der Waals surface area contributed by atoms with E-state index in [4.69, 9.17) is 4.74 Å². The second-order valence-corrected chi connectivity index (χ2v) is 4.57. The first-order valence-corrected chi connectivity index (χ1v) is 7.44. The molecule has 0 aliphatic rings. The van der Waals surface area contributed by atoms with Crippen LogP contribution in [0.1, 0.15) is 34.1 Å². The molecule has 1 rings (SSSR count). The monoisotopic (exact) mass is 278 g/mol. The van der Waals surface area contributed by atoms with Crippen molar-refractivity contribution in [2.24, 2.45) is 0 Å². The van der Waals surface area contributed by atoms with E-state index < -0.39 is 0 Å². The Kier molecular flexibility index (Phi) is 6.91. The van der Waals surface area contributed by atoms with Gasteiger partial charge < -0.3 is 15.0 Å². The van der Waals surface area contributed by atoms with E-state index in [-0.39, 0.29) is 11.9 Å². The zero-order valence-corrected chi connectivity index (χ0v) is 13.0. The maximum absolute atomic E-state index is 12.3. The number of carbonyl (C=O) groups is 1. The molecule has 1 atom stereocenters. The van der Waals surface area contributed by atoms with E-state index in [2.05, 4.69) is 5.32 Å². The highest BCUT2D eigenvalue weighted by molar-refractivity contribution is 5.84. The minimum atomic E-state index is -0.173. The van der Waals surface area contributed by atoms with E-state index in [0.29, 0.717) is 6.61 Å². The molecule has 0 spiro atoms. The van der Waals surface area contributed by atoms with Gasteiger partial charge in [0.2, 0.25) is 5.91 Å². The minimum absolute atomic E-state index is 0.159. The van der Waals surface area contributed by atoms with Gasteiger partial charge in [-0.15, -0.1) is 0 Å². The standard InChI is InChI=1S/C16H26N2O2/c1-5-15(16(19)18(6-2)7-3)17-13-9-11-14(12-10-13)20-8-4/h9-12,15,17H,5-8H2,1-4H3. The maximum atomic E-state index is 12.3. The van der Waals surface area contributed by atoms with Gasteiger partial charge in [-0.3, -0.25) is 4.79 Å². The lowest BCUT2D eigenvalue weighted by atomic mass is 10.1. The first kappa shape index (κ1) is 16.3. The molecule has 1 amide bonds. The molecule has 0 saturated heterocycles. The molecule has 0 bridgehead atoms. The zero-order valence-electron chi connectivity index (χ0n) is 13.0. The van der Waals surface area contributed by atoms with Gasteiger partial charge in [0, 0.05) is 18.8 Å². The lowest BCUT2D eigenvalue weighted by Gasteiger charge is -2.25. The topological polar surface area (TPSA) is 41.6 Å². The summed E-state index contributed by atoms with van der Waals surface area (Å²) in [7, 11) is 0. The summed E-state index contributed by atoms with van der Waals surface area (Å²) in [5.74, 6) is 1.01. The maximum Gasteiger partial charge on any atom is 0.245 e. The van der Waals surface area contributed by atoms with Crippen LogP contribution in [0.3, 0.4) is 0 Å². The van der Waals surface area contributed by atoms with Crippen molar-refractivity contribution >= 4 is 11.6 Å². The van der Waals surface area contributed by atoms with Crippen molar-refractivity contribution in [3.63, 3.8) is 0 Å². The number of hydrogen-bond acceptors (Lipinski definition) is 3. The van der Waals surface area contributed by atoms with Crippen LogP contribution in [0.5, 0.6) is 5.75 Å². The van der Waals surface area contributed by atoms with E-state index in [0.717, 1.165) is 30.9 Å². The molecule has 0 fully saturated rings. The minimum Gasteiger partial charge on any atom is -0.494 e. The Hall–Kier alpha value is -1.71. The Labute approximate surface area is 122 Å². The molecule has 0 aromatic heterocycles. The van der Waals surface area contributed by atoms with Crippen LogP contribution in [0.25, 0.3) is 0 Å². The predicted octanol–water partition coefficient (Wildman–Crippen LogP) is 3.14. The predicted molar refractivity (Wildman–Crippen MR) is 83.2 cm³/mol. The zero-order chi connectivity index (χ0) is 15.0. The first-order valence-electron chi connectivity index (χ1n) is 7.44. The highest BCUT2D eigenvalue weighted by atomic mass is 16.5. The molecule has 112 valence electrons. The van der Waals surface area contributed by atoms with Crippen molar-refractivity contribution in [2.75, 3.05) is 25.0 Å². The molecule has 4 nitrogen and oxygen atoms in total. The van der Waals surface area contributed by atoms with Crippen molar-refractivity contribution in [3.05, 3.63) is 24.3 Å². The fourth-order valence-corrected chi connectivity index (χ4v) is 2.11. The summed E-state index contributed by atoms with van der Waals surface area (Å²) >= 11 is 0. The van der Waals surface area contributed by atoms with Crippen LogP contribution in [-0.2, 0) is 4.79 Å². The second-order valence-electron chi connectivity index (χ2n) is 4.57. The Morgan fingerprint density at radius 2 is 1.75 bits per heavy atom. The van der Waals surface area contributed by atoms with Crippen LogP contribution < -0.4 is 10.1 Å². The first-order chi connectivity index (χ1) is 9.65. The average Bonchev–Trinajstić information content (AvgIpc) is 2.48. The highest BCUT2D eigenvalue weighted by Gasteiger charge is 2.20. The molecule has 1 aromatic carbocycles.